The topological polar surface area (TPSA) is 90.9 Å². The van der Waals surface area contributed by atoms with Gasteiger partial charge in [-0.05, 0) is 11.6 Å². The van der Waals surface area contributed by atoms with Crippen molar-refractivity contribution < 1.29 is 13.6 Å². The number of hydrogen-bond donors (Lipinski definition) is 0. The van der Waals surface area contributed by atoms with E-state index in [2.05, 4.69) is 0 Å². The van der Waals surface area contributed by atoms with Crippen LogP contribution in [-0.2, 0) is 0 Å². The van der Waals surface area contributed by atoms with E-state index in [1.165, 1.54) is 0 Å². The summed E-state index contributed by atoms with van der Waals surface area (Å²) in [6.07, 6.45) is 1.56. The fourth-order valence-electron chi connectivity index (χ4n) is 3.66. The number of benzene rings is 2. The molecule has 0 saturated heterocycles. The van der Waals surface area contributed by atoms with Gasteiger partial charge in [-0.1, -0.05) is 54.6 Å². The Kier molecular flexibility index (Phi) is 3.95. The standard InChI is InChI=1S/C25H12N2O3/c26-13-16(14-27)24-18-8-4-5-9-19(18)25(28)20(24)10-17-11-22-23(29-17)12-21(30-22)15-6-2-1-3-7-15/h1-12H/b20-10-. The number of hydrogen-bond acceptors (Lipinski definition) is 5. The molecule has 2 aromatic carbocycles. The maximum atomic E-state index is 13.0. The molecule has 140 valence electrons. The van der Waals surface area contributed by atoms with E-state index in [9.17, 15) is 15.3 Å². The highest BCUT2D eigenvalue weighted by molar-refractivity contribution is 6.29. The third-order valence-corrected chi connectivity index (χ3v) is 5.00. The lowest BCUT2D eigenvalue weighted by molar-refractivity contribution is 0.104. The van der Waals surface area contributed by atoms with E-state index in [1.54, 1.807) is 42.5 Å². The fraction of sp³-hybridized carbons (Fsp3) is 0. The van der Waals surface area contributed by atoms with Crippen molar-refractivity contribution in [2.75, 3.05) is 0 Å². The summed E-state index contributed by atoms with van der Waals surface area (Å²) in [4.78, 5) is 13.0. The Morgan fingerprint density at radius 1 is 0.833 bits per heavy atom. The molecule has 5 heteroatoms. The zero-order chi connectivity index (χ0) is 20.7. The largest absolute Gasteiger partial charge is 0.453 e. The molecule has 2 aromatic heterocycles. The van der Waals surface area contributed by atoms with Gasteiger partial charge in [0.15, 0.2) is 16.9 Å². The molecule has 1 aliphatic rings. The Morgan fingerprint density at radius 3 is 2.20 bits per heavy atom. The van der Waals surface area contributed by atoms with E-state index in [0.717, 1.165) is 5.56 Å². The van der Waals surface area contributed by atoms with Crippen LogP contribution in [0, 0.1) is 22.7 Å². The van der Waals surface area contributed by atoms with Crippen LogP contribution >= 0.6 is 0 Å². The summed E-state index contributed by atoms with van der Waals surface area (Å²) in [6.45, 7) is 0. The first kappa shape index (κ1) is 17.5. The lowest BCUT2D eigenvalue weighted by Crippen LogP contribution is -1.95. The van der Waals surface area contributed by atoms with Crippen molar-refractivity contribution in [2.24, 2.45) is 0 Å². The molecule has 0 fully saturated rings. The van der Waals surface area contributed by atoms with Gasteiger partial charge in [0.05, 0.1) is 0 Å². The van der Waals surface area contributed by atoms with Crippen LogP contribution < -0.4 is 0 Å². The Hall–Kier alpha value is -4.61. The molecule has 0 radical (unpaired) electrons. The summed E-state index contributed by atoms with van der Waals surface area (Å²) in [5.41, 5.74) is 3.55. The molecule has 30 heavy (non-hydrogen) atoms. The van der Waals surface area contributed by atoms with Crippen molar-refractivity contribution in [3.63, 3.8) is 0 Å². The van der Waals surface area contributed by atoms with Gasteiger partial charge in [0.25, 0.3) is 0 Å². The van der Waals surface area contributed by atoms with Crippen molar-refractivity contribution in [3.8, 4) is 23.5 Å². The number of nitriles is 2. The lowest BCUT2D eigenvalue weighted by Gasteiger charge is -2.00. The molecule has 0 bridgehead atoms. The second-order valence-electron chi connectivity index (χ2n) is 6.76. The molecule has 5 rings (SSSR count). The van der Waals surface area contributed by atoms with Gasteiger partial charge in [-0.15, -0.1) is 0 Å². The van der Waals surface area contributed by atoms with E-state index in [4.69, 9.17) is 8.83 Å². The minimum absolute atomic E-state index is 0.110. The molecule has 0 atom stereocenters. The number of fused-ring (bicyclic) bond motifs is 2. The van der Waals surface area contributed by atoms with Gasteiger partial charge in [-0.2, -0.15) is 10.5 Å². The number of rotatable bonds is 2. The summed E-state index contributed by atoms with van der Waals surface area (Å²) >= 11 is 0. The number of Topliss-reactive ketones (excluding diaryl/α,β-unsaturated/α-hetero) is 1. The highest BCUT2D eigenvalue weighted by Gasteiger charge is 2.32. The van der Waals surface area contributed by atoms with Crippen LogP contribution in [0.2, 0.25) is 0 Å². The Morgan fingerprint density at radius 2 is 1.50 bits per heavy atom. The van der Waals surface area contributed by atoms with E-state index in [0.29, 0.717) is 39.4 Å². The summed E-state index contributed by atoms with van der Waals surface area (Å²) in [5.74, 6) is 0.846. The molecule has 0 amide bonds. The molecule has 0 aliphatic heterocycles. The Balaban J connectivity index is 1.62. The molecule has 2 heterocycles. The first-order valence-electron chi connectivity index (χ1n) is 9.19. The zero-order valence-electron chi connectivity index (χ0n) is 15.5. The maximum absolute atomic E-state index is 13.0. The minimum atomic E-state index is -0.249. The number of furan rings is 2. The number of ketones is 1. The van der Waals surface area contributed by atoms with Crippen LogP contribution in [0.1, 0.15) is 21.7 Å². The molecular formula is C25H12N2O3. The number of nitrogens with zero attached hydrogens (tertiary/aromatic N) is 2. The quantitative estimate of drug-likeness (QED) is 0.321. The summed E-state index contributed by atoms with van der Waals surface area (Å²) in [6, 6.07) is 23.9. The molecule has 5 nitrogen and oxygen atoms in total. The molecule has 0 saturated carbocycles. The zero-order valence-corrected chi connectivity index (χ0v) is 15.5. The minimum Gasteiger partial charge on any atom is -0.453 e. The number of allylic oxidation sites excluding steroid dienone is 3. The van der Waals surface area contributed by atoms with Gasteiger partial charge in [0.2, 0.25) is 0 Å². The summed E-state index contributed by atoms with van der Waals surface area (Å²) in [7, 11) is 0. The van der Waals surface area contributed by atoms with Crippen molar-refractivity contribution in [1.82, 2.24) is 0 Å². The predicted octanol–water partition coefficient (Wildman–Crippen LogP) is 5.77. The molecule has 4 aromatic rings. The third-order valence-electron chi connectivity index (χ3n) is 5.00. The normalized spacial score (nSPS) is 14.0. The van der Waals surface area contributed by atoms with E-state index >= 15 is 0 Å². The Bertz CT molecular complexity index is 1420. The van der Waals surface area contributed by atoms with E-state index in [1.807, 2.05) is 42.5 Å². The van der Waals surface area contributed by atoms with Gasteiger partial charge >= 0.3 is 0 Å². The van der Waals surface area contributed by atoms with Crippen LogP contribution in [0.4, 0.5) is 0 Å². The summed E-state index contributed by atoms with van der Waals surface area (Å²) < 4.78 is 11.7. The van der Waals surface area contributed by atoms with Crippen molar-refractivity contribution >= 4 is 28.6 Å². The maximum Gasteiger partial charge on any atom is 0.194 e. The monoisotopic (exact) mass is 388 g/mol. The van der Waals surface area contributed by atoms with Gasteiger partial charge in [0.1, 0.15) is 29.2 Å². The molecule has 0 N–H and O–H groups in total. The highest BCUT2D eigenvalue weighted by atomic mass is 16.4. The average molecular weight is 388 g/mol. The van der Waals surface area contributed by atoms with Crippen LogP contribution in [0.5, 0.6) is 0 Å². The summed E-state index contributed by atoms with van der Waals surface area (Å²) in [5, 5.41) is 18.8. The van der Waals surface area contributed by atoms with Gasteiger partial charge in [0, 0.05) is 34.4 Å². The average Bonchev–Trinajstić information content (AvgIpc) is 3.42. The van der Waals surface area contributed by atoms with Crippen LogP contribution in [0.25, 0.3) is 34.1 Å². The smallest absolute Gasteiger partial charge is 0.194 e. The highest BCUT2D eigenvalue weighted by Crippen LogP contribution is 2.40. The molecule has 1 aliphatic carbocycles. The van der Waals surface area contributed by atoms with E-state index < -0.39 is 0 Å². The predicted molar refractivity (Wildman–Crippen MR) is 111 cm³/mol. The first-order valence-corrected chi connectivity index (χ1v) is 9.19. The van der Waals surface area contributed by atoms with Crippen LogP contribution in [0.15, 0.2) is 86.7 Å². The fourth-order valence-corrected chi connectivity index (χ4v) is 3.66. The van der Waals surface area contributed by atoms with Gasteiger partial charge < -0.3 is 8.83 Å². The number of carbonyl (C=O) groups excluding carboxylic acids is 1. The number of carbonyl (C=O) groups is 1. The second-order valence-corrected chi connectivity index (χ2v) is 6.76. The van der Waals surface area contributed by atoms with Gasteiger partial charge in [-0.25, -0.2) is 0 Å². The van der Waals surface area contributed by atoms with Crippen molar-refractivity contribution in [2.45, 2.75) is 0 Å². The molecule has 0 spiro atoms. The SMILES string of the molecule is N#CC(C#N)=C1/C(=C/c2cc3oc(-c4ccccc4)cc3o2)C(=O)c2ccccc21. The third kappa shape index (κ3) is 2.66. The van der Waals surface area contributed by atoms with Crippen molar-refractivity contribution in [1.29, 1.82) is 10.5 Å². The van der Waals surface area contributed by atoms with Gasteiger partial charge in [-0.3, -0.25) is 4.79 Å². The van der Waals surface area contributed by atoms with Crippen LogP contribution in [0.3, 0.4) is 0 Å². The first-order chi connectivity index (χ1) is 14.7. The second kappa shape index (κ2) is 6.77. The molecule has 0 unspecified atom stereocenters. The van der Waals surface area contributed by atoms with Crippen molar-refractivity contribution in [3.05, 3.63) is 94.8 Å². The lowest BCUT2D eigenvalue weighted by atomic mass is 9.99. The Labute approximate surface area is 171 Å². The van der Waals surface area contributed by atoms with Crippen LogP contribution in [-0.4, -0.2) is 5.78 Å². The van der Waals surface area contributed by atoms with E-state index in [-0.39, 0.29) is 16.9 Å². The molecular weight excluding hydrogens is 376 g/mol.